The van der Waals surface area contributed by atoms with E-state index >= 15 is 4.39 Å². The Morgan fingerprint density at radius 2 is 1.67 bits per heavy atom. The Bertz CT molecular complexity index is 1430. The highest BCUT2D eigenvalue weighted by Gasteiger charge is 2.42. The summed E-state index contributed by atoms with van der Waals surface area (Å²) in [5.41, 5.74) is 2.45. The molecule has 1 fully saturated rings. The van der Waals surface area contributed by atoms with Crippen LogP contribution in [0.4, 0.5) is 4.39 Å². The number of para-hydroxylation sites is 1. The molecule has 6 rings (SSSR count). The maximum atomic E-state index is 16.2. The molecule has 0 aliphatic carbocycles. The average Bonchev–Trinajstić information content (AvgIpc) is 2.99. The van der Waals surface area contributed by atoms with E-state index in [9.17, 15) is 14.7 Å². The van der Waals surface area contributed by atoms with E-state index < -0.39 is 11.6 Å². The van der Waals surface area contributed by atoms with Gasteiger partial charge in [-0.05, 0) is 60.3 Å². The second kappa shape index (κ2) is 13.7. The molecule has 1 amide bonds. The molecule has 228 valence electrons. The summed E-state index contributed by atoms with van der Waals surface area (Å²) < 4.78 is 33.5. The van der Waals surface area contributed by atoms with Gasteiger partial charge in [0.1, 0.15) is 24.8 Å². The molecule has 3 unspecified atom stereocenters. The maximum Gasteiger partial charge on any atom is 0.306 e. The van der Waals surface area contributed by atoms with Crippen molar-refractivity contribution in [2.45, 2.75) is 64.2 Å². The van der Waals surface area contributed by atoms with E-state index in [0.717, 1.165) is 11.1 Å². The summed E-state index contributed by atoms with van der Waals surface area (Å²) >= 11 is 0. The van der Waals surface area contributed by atoms with Crippen molar-refractivity contribution in [1.82, 2.24) is 5.32 Å². The third-order valence-electron chi connectivity index (χ3n) is 8.58. The van der Waals surface area contributed by atoms with Gasteiger partial charge in [-0.3, -0.25) is 9.59 Å². The number of esters is 1. The van der Waals surface area contributed by atoms with E-state index in [2.05, 4.69) is 5.32 Å². The van der Waals surface area contributed by atoms with E-state index in [1.807, 2.05) is 68.4 Å². The summed E-state index contributed by atoms with van der Waals surface area (Å²) in [6, 6.07) is 20.1. The highest BCUT2D eigenvalue weighted by Crippen LogP contribution is 2.36. The number of ether oxygens (including phenoxy) is 3. The van der Waals surface area contributed by atoms with Gasteiger partial charge in [0.2, 0.25) is 5.91 Å². The molecule has 0 aromatic heterocycles. The van der Waals surface area contributed by atoms with Crippen molar-refractivity contribution >= 4 is 11.9 Å². The maximum absolute atomic E-state index is 16.2. The number of halogens is 1. The molecule has 1 spiro atoms. The molecule has 0 saturated carbocycles. The number of benzene rings is 3. The lowest BCUT2D eigenvalue weighted by Gasteiger charge is -2.44. The van der Waals surface area contributed by atoms with Gasteiger partial charge in [0, 0.05) is 17.5 Å². The summed E-state index contributed by atoms with van der Waals surface area (Å²) in [5, 5.41) is 13.8. The smallest absolute Gasteiger partial charge is 0.306 e. The number of nitrogens with one attached hydrogen (secondary N) is 1. The van der Waals surface area contributed by atoms with Crippen LogP contribution in [0.15, 0.2) is 66.7 Å². The van der Waals surface area contributed by atoms with Crippen molar-refractivity contribution in [3.05, 3.63) is 89.2 Å². The Balaban J connectivity index is 1.46. The number of hydrogen-bond donors (Lipinski definition) is 2. The van der Waals surface area contributed by atoms with E-state index in [1.54, 1.807) is 12.1 Å². The number of hydrogen-bond acceptors (Lipinski definition) is 6. The summed E-state index contributed by atoms with van der Waals surface area (Å²) in [6.07, 6.45) is 1.44. The number of carbonyl (C=O) groups excluding carboxylic acids is 2. The fraction of sp³-hybridized carbons (Fsp3) is 0.429. The minimum absolute atomic E-state index is 0.0264. The van der Waals surface area contributed by atoms with Crippen LogP contribution >= 0.6 is 0 Å². The van der Waals surface area contributed by atoms with Gasteiger partial charge < -0.3 is 24.6 Å². The molecule has 3 aromatic rings. The fourth-order valence-electron chi connectivity index (χ4n) is 6.20. The number of morpholine rings is 1. The first-order chi connectivity index (χ1) is 20.7. The lowest BCUT2D eigenvalue weighted by molar-refractivity contribution is -0.146. The normalized spacial score (nSPS) is 25.7. The summed E-state index contributed by atoms with van der Waals surface area (Å²) in [6.45, 7) is 4.68. The number of aliphatic hydroxyl groups is 1. The molecule has 3 aliphatic heterocycles. The van der Waals surface area contributed by atoms with Gasteiger partial charge in [-0.1, -0.05) is 74.5 Å². The van der Waals surface area contributed by atoms with Crippen LogP contribution in [0.3, 0.4) is 0 Å². The molecular formula is C35H40FNO6. The van der Waals surface area contributed by atoms with Crippen LogP contribution in [-0.2, 0) is 32.1 Å². The summed E-state index contributed by atoms with van der Waals surface area (Å²) in [5.74, 6) is -0.643. The van der Waals surface area contributed by atoms with Crippen LogP contribution < -0.4 is 10.1 Å². The molecule has 1 saturated heterocycles. The van der Waals surface area contributed by atoms with Gasteiger partial charge in [-0.15, -0.1) is 0 Å². The van der Waals surface area contributed by atoms with Crippen molar-refractivity contribution < 1.29 is 33.3 Å². The van der Waals surface area contributed by atoms with Crippen molar-refractivity contribution in [3.8, 4) is 16.9 Å². The van der Waals surface area contributed by atoms with E-state index in [-0.39, 0.29) is 55.8 Å². The molecule has 3 aromatic carbocycles. The van der Waals surface area contributed by atoms with Gasteiger partial charge in [0.15, 0.2) is 0 Å². The molecule has 4 atom stereocenters. The minimum atomic E-state index is -0.773. The molecule has 8 heteroatoms. The van der Waals surface area contributed by atoms with E-state index in [4.69, 9.17) is 14.2 Å². The van der Waals surface area contributed by atoms with Gasteiger partial charge in [0.05, 0.1) is 24.9 Å². The van der Waals surface area contributed by atoms with E-state index in [0.29, 0.717) is 54.7 Å². The number of rotatable bonds is 0. The Hall–Kier alpha value is -3.75. The molecular weight excluding hydrogens is 549 g/mol. The van der Waals surface area contributed by atoms with Crippen molar-refractivity contribution in [1.29, 1.82) is 0 Å². The van der Waals surface area contributed by atoms with Crippen LogP contribution in [-0.4, -0.2) is 42.3 Å². The predicted octanol–water partition coefficient (Wildman–Crippen LogP) is 5.92. The number of amides is 1. The molecule has 3 heterocycles. The third-order valence-corrected chi connectivity index (χ3v) is 8.58. The quantitative estimate of drug-likeness (QED) is 0.316. The van der Waals surface area contributed by atoms with Crippen LogP contribution in [0.1, 0.15) is 62.3 Å². The zero-order valence-corrected chi connectivity index (χ0v) is 24.8. The SMILES string of the molecule is CC1Cc2cccc(c2F)-c2ccccc2OCCCC(O)c2ccc(cc2)COC(=O)C[C@H](C)CC12COCC(=O)N2. The van der Waals surface area contributed by atoms with E-state index in [1.165, 1.54) is 0 Å². The second-order valence-electron chi connectivity index (χ2n) is 12.0. The molecule has 2 N–H and O–H groups in total. The molecule has 43 heavy (non-hydrogen) atoms. The van der Waals surface area contributed by atoms with Crippen LogP contribution in [0.5, 0.6) is 5.75 Å². The monoisotopic (exact) mass is 589 g/mol. The van der Waals surface area contributed by atoms with Gasteiger partial charge in [0.25, 0.3) is 0 Å². The standard InChI is InChI=1S/C35H40FNO6/c1-23-17-33(40)43-20-25-12-14-26(15-13-25)30(38)10-6-16-42-31-11-4-3-8-28(31)29-9-5-7-27(34(29)36)18-24(2)35(19-23)22-41-21-32(39)37-35/h3-5,7-9,11-15,23-24,30,38H,6,10,16-22H2,1-2H3,(H,37,39)/t23-,24?,30?,35?/m0/s1. The van der Waals surface area contributed by atoms with Gasteiger partial charge in [-0.25, -0.2) is 4.39 Å². The van der Waals surface area contributed by atoms with Gasteiger partial charge >= 0.3 is 5.97 Å². The van der Waals surface area contributed by atoms with Crippen LogP contribution in [0.2, 0.25) is 0 Å². The first kappa shape index (κ1) is 30.7. The lowest BCUT2D eigenvalue weighted by Crippen LogP contribution is -2.61. The Morgan fingerprint density at radius 1 is 0.907 bits per heavy atom. The second-order valence-corrected chi connectivity index (χ2v) is 12.0. The summed E-state index contributed by atoms with van der Waals surface area (Å²) in [4.78, 5) is 25.3. The highest BCUT2D eigenvalue weighted by molar-refractivity contribution is 5.79. The van der Waals surface area contributed by atoms with Crippen molar-refractivity contribution in [2.24, 2.45) is 11.8 Å². The minimum Gasteiger partial charge on any atom is -0.493 e. The lowest BCUT2D eigenvalue weighted by atomic mass is 9.74. The largest absolute Gasteiger partial charge is 0.493 e. The fourth-order valence-corrected chi connectivity index (χ4v) is 6.20. The highest BCUT2D eigenvalue weighted by atomic mass is 19.1. The Kier molecular flexibility index (Phi) is 9.78. The first-order valence-corrected chi connectivity index (χ1v) is 15.0. The Morgan fingerprint density at radius 3 is 2.47 bits per heavy atom. The molecule has 0 radical (unpaired) electrons. The molecule has 3 aliphatic rings. The average molecular weight is 590 g/mol. The topological polar surface area (TPSA) is 94.1 Å². The first-order valence-electron chi connectivity index (χ1n) is 15.0. The van der Waals surface area contributed by atoms with Gasteiger partial charge in [-0.2, -0.15) is 0 Å². The van der Waals surface area contributed by atoms with Crippen molar-refractivity contribution in [3.63, 3.8) is 0 Å². The molecule has 4 bridgehead atoms. The summed E-state index contributed by atoms with van der Waals surface area (Å²) in [7, 11) is 0. The zero-order valence-electron chi connectivity index (χ0n) is 24.8. The number of aliphatic hydroxyl groups excluding tert-OH is 1. The van der Waals surface area contributed by atoms with Crippen LogP contribution in [0, 0.1) is 17.7 Å². The zero-order chi connectivity index (χ0) is 30.4. The predicted molar refractivity (Wildman–Crippen MR) is 161 cm³/mol. The molecule has 7 nitrogen and oxygen atoms in total. The van der Waals surface area contributed by atoms with Crippen molar-refractivity contribution in [2.75, 3.05) is 19.8 Å². The Labute approximate surface area is 252 Å². The number of carbonyl (C=O) groups is 2. The van der Waals surface area contributed by atoms with Crippen LogP contribution in [0.25, 0.3) is 11.1 Å². The third kappa shape index (κ3) is 7.43. The number of fused-ring (bicyclic) bond motifs is 12.